The Morgan fingerprint density at radius 3 is 2.23 bits per heavy atom. The summed E-state index contributed by atoms with van der Waals surface area (Å²) in [7, 11) is 0. The van der Waals surface area contributed by atoms with E-state index >= 15 is 0 Å². The predicted molar refractivity (Wildman–Crippen MR) is 55.9 cm³/mol. The largest absolute Gasteiger partial charge is 0.145 e. The van der Waals surface area contributed by atoms with Gasteiger partial charge in [-0.3, -0.25) is 0 Å². The van der Waals surface area contributed by atoms with Crippen molar-refractivity contribution in [3.63, 3.8) is 0 Å². The van der Waals surface area contributed by atoms with Crippen LogP contribution in [0.3, 0.4) is 0 Å². The first kappa shape index (κ1) is 10.5. The number of benzene rings is 1. The number of rotatable bonds is 3. The molecule has 0 aliphatic carbocycles. The summed E-state index contributed by atoms with van der Waals surface area (Å²) >= 11 is 11.8. The van der Waals surface area contributed by atoms with Crippen molar-refractivity contribution >= 4 is 28.9 Å². The van der Waals surface area contributed by atoms with Crippen LogP contribution in [-0.2, 0) is 6.42 Å². The number of nitrogens with zero attached hydrogens (tertiary/aromatic N) is 1. The van der Waals surface area contributed by atoms with Crippen molar-refractivity contribution in [1.29, 1.82) is 0 Å². The summed E-state index contributed by atoms with van der Waals surface area (Å²) < 4.78 is 0. The van der Waals surface area contributed by atoms with E-state index in [1.165, 1.54) is 12.1 Å². The van der Waals surface area contributed by atoms with Gasteiger partial charge in [-0.1, -0.05) is 36.5 Å². The fraction of sp³-hybridized carbons (Fsp3) is 0.333. The molecule has 70 valence electrons. The molecule has 0 aromatic heterocycles. The van der Waals surface area contributed by atoms with Gasteiger partial charge in [-0.05, 0) is 29.3 Å². The molecular weight excluding hydrogens is 209 g/mol. The van der Waals surface area contributed by atoms with Crippen LogP contribution in [0.4, 0.5) is 5.69 Å². The van der Waals surface area contributed by atoms with Crippen LogP contribution in [0.5, 0.6) is 0 Å². The Bertz CT molecular complexity index is 302. The van der Waals surface area contributed by atoms with Gasteiger partial charge >= 0.3 is 0 Å². The normalized spacial score (nSPS) is 10.1. The average Bonchev–Trinajstić information content (AvgIpc) is 2.11. The van der Waals surface area contributed by atoms with E-state index < -0.39 is 0 Å². The zero-order chi connectivity index (χ0) is 9.84. The Morgan fingerprint density at radius 2 is 1.85 bits per heavy atom. The summed E-state index contributed by atoms with van der Waals surface area (Å²) in [6.07, 6.45) is 1.78. The van der Waals surface area contributed by atoms with Crippen molar-refractivity contribution in [2.75, 3.05) is 0 Å². The van der Waals surface area contributed by atoms with Gasteiger partial charge in [-0.25, -0.2) is 0 Å². The molecule has 0 N–H and O–H groups in total. The van der Waals surface area contributed by atoms with Crippen molar-refractivity contribution < 1.29 is 0 Å². The van der Waals surface area contributed by atoms with Gasteiger partial charge in [0.1, 0.15) is 5.69 Å². The Balaban J connectivity index is 3.14. The predicted octanol–water partition coefficient (Wildman–Crippen LogP) is 4.34. The number of hydrogen-bond donors (Lipinski definition) is 0. The average molecular weight is 218 g/mol. The maximum absolute atomic E-state index is 10.2. The Labute approximate surface area is 86.8 Å². The second kappa shape index (κ2) is 4.58. The topological polar surface area (TPSA) is 29.4 Å². The minimum Gasteiger partial charge on any atom is -0.145 e. The molecule has 0 aliphatic rings. The first-order chi connectivity index (χ1) is 6.19. The summed E-state index contributed by atoms with van der Waals surface area (Å²) in [6.45, 7) is 2.04. The fourth-order valence-electron chi connectivity index (χ4n) is 1.13. The summed E-state index contributed by atoms with van der Waals surface area (Å²) in [5, 5.41) is 3.81. The first-order valence-corrected chi connectivity index (χ1v) is 4.76. The molecule has 0 amide bonds. The molecule has 4 heteroatoms. The molecule has 0 bridgehead atoms. The van der Waals surface area contributed by atoms with Gasteiger partial charge in [0.15, 0.2) is 0 Å². The van der Waals surface area contributed by atoms with Crippen LogP contribution in [0, 0.1) is 4.91 Å². The number of halogens is 2. The third kappa shape index (κ3) is 2.42. The maximum atomic E-state index is 10.2. The van der Waals surface area contributed by atoms with Gasteiger partial charge in [-0.15, -0.1) is 4.91 Å². The molecule has 0 spiro atoms. The van der Waals surface area contributed by atoms with E-state index in [-0.39, 0.29) is 5.69 Å². The summed E-state index contributed by atoms with van der Waals surface area (Å²) in [4.78, 5) is 10.2. The van der Waals surface area contributed by atoms with Crippen molar-refractivity contribution in [1.82, 2.24) is 0 Å². The molecule has 1 aromatic rings. The van der Waals surface area contributed by atoms with E-state index in [0.29, 0.717) is 10.0 Å². The van der Waals surface area contributed by atoms with Gasteiger partial charge in [-0.2, -0.15) is 0 Å². The van der Waals surface area contributed by atoms with Crippen LogP contribution in [-0.4, -0.2) is 0 Å². The minimum absolute atomic E-state index is 0.273. The lowest BCUT2D eigenvalue weighted by Gasteiger charge is -2.05. The summed E-state index contributed by atoms with van der Waals surface area (Å²) in [6, 6.07) is 3.07. The van der Waals surface area contributed by atoms with Crippen molar-refractivity contribution in [3.05, 3.63) is 32.6 Å². The van der Waals surface area contributed by atoms with Crippen molar-refractivity contribution in [2.45, 2.75) is 19.8 Å². The van der Waals surface area contributed by atoms with Crippen LogP contribution in [0.15, 0.2) is 17.3 Å². The van der Waals surface area contributed by atoms with Gasteiger partial charge in [0.25, 0.3) is 0 Å². The highest BCUT2D eigenvalue weighted by molar-refractivity contribution is 6.36. The highest BCUT2D eigenvalue weighted by Gasteiger charge is 2.07. The summed E-state index contributed by atoms with van der Waals surface area (Å²) in [5.74, 6) is 0. The van der Waals surface area contributed by atoms with Crippen LogP contribution in [0.1, 0.15) is 18.9 Å². The fourth-order valence-corrected chi connectivity index (χ4v) is 1.80. The lowest BCUT2D eigenvalue weighted by molar-refractivity contribution is 0.922. The van der Waals surface area contributed by atoms with E-state index in [4.69, 9.17) is 23.2 Å². The molecule has 0 atom stereocenters. The minimum atomic E-state index is 0.273. The van der Waals surface area contributed by atoms with E-state index in [0.717, 1.165) is 18.4 Å². The van der Waals surface area contributed by atoms with E-state index in [1.54, 1.807) is 0 Å². The standard InChI is InChI=1S/C9H9Cl2NO/c1-2-3-7-8(10)4-6(12-13)5-9(7)11/h4-5H,2-3H2,1H3. The lowest BCUT2D eigenvalue weighted by Crippen LogP contribution is -1.86. The van der Waals surface area contributed by atoms with Gasteiger partial charge in [0.05, 0.1) is 0 Å². The molecule has 1 rings (SSSR count). The van der Waals surface area contributed by atoms with E-state index in [9.17, 15) is 4.91 Å². The first-order valence-electron chi connectivity index (χ1n) is 4.00. The number of nitroso groups, excluding NO2 is 1. The van der Waals surface area contributed by atoms with Crippen LogP contribution < -0.4 is 0 Å². The monoisotopic (exact) mass is 217 g/mol. The molecule has 0 aliphatic heterocycles. The van der Waals surface area contributed by atoms with Crippen LogP contribution in [0.25, 0.3) is 0 Å². The Kier molecular flexibility index (Phi) is 3.70. The molecule has 0 saturated carbocycles. The van der Waals surface area contributed by atoms with Crippen LogP contribution in [0.2, 0.25) is 10.0 Å². The van der Waals surface area contributed by atoms with Crippen molar-refractivity contribution in [3.8, 4) is 0 Å². The second-order valence-corrected chi connectivity index (χ2v) is 3.54. The molecule has 0 saturated heterocycles. The highest BCUT2D eigenvalue weighted by Crippen LogP contribution is 2.31. The van der Waals surface area contributed by atoms with E-state index in [2.05, 4.69) is 5.18 Å². The van der Waals surface area contributed by atoms with Gasteiger partial charge < -0.3 is 0 Å². The summed E-state index contributed by atoms with van der Waals surface area (Å²) in [5.41, 5.74) is 1.16. The molecule has 1 aromatic carbocycles. The van der Waals surface area contributed by atoms with Crippen LogP contribution >= 0.6 is 23.2 Å². The molecule has 2 nitrogen and oxygen atoms in total. The highest BCUT2D eigenvalue weighted by atomic mass is 35.5. The second-order valence-electron chi connectivity index (χ2n) is 2.73. The maximum Gasteiger partial charge on any atom is 0.110 e. The Hall–Kier alpha value is -0.600. The zero-order valence-electron chi connectivity index (χ0n) is 7.18. The molecule has 0 unspecified atom stereocenters. The van der Waals surface area contributed by atoms with Crippen molar-refractivity contribution in [2.24, 2.45) is 5.18 Å². The lowest BCUT2D eigenvalue weighted by atomic mass is 10.1. The SMILES string of the molecule is CCCc1c(Cl)cc(N=O)cc1Cl. The molecule has 0 radical (unpaired) electrons. The third-order valence-corrected chi connectivity index (χ3v) is 2.41. The number of hydrogen-bond acceptors (Lipinski definition) is 2. The molecule has 0 fully saturated rings. The zero-order valence-corrected chi connectivity index (χ0v) is 8.69. The molecule has 13 heavy (non-hydrogen) atoms. The smallest absolute Gasteiger partial charge is 0.110 e. The molecule has 0 heterocycles. The molecular formula is C9H9Cl2NO. The Morgan fingerprint density at radius 1 is 1.31 bits per heavy atom. The van der Waals surface area contributed by atoms with Gasteiger partial charge in [0, 0.05) is 10.0 Å². The third-order valence-electron chi connectivity index (χ3n) is 1.73. The van der Waals surface area contributed by atoms with Gasteiger partial charge in [0.2, 0.25) is 0 Å². The quantitative estimate of drug-likeness (QED) is 0.693. The van der Waals surface area contributed by atoms with E-state index in [1.807, 2.05) is 6.92 Å².